The largest absolute Gasteiger partial charge is 0.378 e. The summed E-state index contributed by atoms with van der Waals surface area (Å²) in [5.74, 6) is -1.81. The zero-order valence-corrected chi connectivity index (χ0v) is 14.9. The number of amides is 2. The summed E-state index contributed by atoms with van der Waals surface area (Å²) in [6, 6.07) is 6.00. The van der Waals surface area contributed by atoms with Crippen LogP contribution in [0.3, 0.4) is 0 Å². The molecule has 0 spiro atoms. The maximum Gasteiger partial charge on any atom is 0.243 e. The van der Waals surface area contributed by atoms with E-state index in [1.807, 2.05) is 0 Å². The van der Waals surface area contributed by atoms with Gasteiger partial charge in [-0.1, -0.05) is 11.3 Å². The van der Waals surface area contributed by atoms with Crippen LogP contribution in [0.1, 0.15) is 6.92 Å². The van der Waals surface area contributed by atoms with E-state index in [0.717, 1.165) is 10.6 Å². The van der Waals surface area contributed by atoms with Crippen LogP contribution in [-0.2, 0) is 14.3 Å². The maximum absolute atomic E-state index is 13.3. The third-order valence-electron chi connectivity index (χ3n) is 3.96. The van der Waals surface area contributed by atoms with Crippen molar-refractivity contribution in [1.82, 2.24) is 4.98 Å². The molecule has 3 rings (SSSR count). The van der Waals surface area contributed by atoms with Crippen LogP contribution in [0, 0.1) is 11.7 Å². The molecular weight excluding hydrogens is 359 g/mol. The standard InChI is InChI=1S/C17H18FN4O3S/c1-10(14(19)23)15(24)21-17-20-13(11-2-4-12(18)5-3-11)16(26-17)22-6-8-25-9-7-22/h2-5H,6-9H2,1H3,(H2,19,23)(H,20,21,24). The summed E-state index contributed by atoms with van der Waals surface area (Å²) in [5, 5.41) is 3.80. The zero-order chi connectivity index (χ0) is 18.7. The fourth-order valence-electron chi connectivity index (χ4n) is 2.44. The Morgan fingerprint density at radius 1 is 1.27 bits per heavy atom. The van der Waals surface area contributed by atoms with Crippen LogP contribution < -0.4 is 16.0 Å². The van der Waals surface area contributed by atoms with Gasteiger partial charge in [0.2, 0.25) is 11.8 Å². The molecule has 1 fully saturated rings. The number of nitrogens with two attached hydrogens (primary N) is 1. The molecule has 2 heterocycles. The van der Waals surface area contributed by atoms with Crippen molar-refractivity contribution >= 4 is 33.3 Å². The van der Waals surface area contributed by atoms with Gasteiger partial charge in [-0.2, -0.15) is 0 Å². The van der Waals surface area contributed by atoms with Crippen molar-refractivity contribution in [3.63, 3.8) is 0 Å². The number of ether oxygens (including phenoxy) is 1. The summed E-state index contributed by atoms with van der Waals surface area (Å²) in [4.78, 5) is 29.8. The number of aromatic nitrogens is 1. The first-order valence-corrected chi connectivity index (χ1v) is 8.81. The first kappa shape index (κ1) is 18.3. The van der Waals surface area contributed by atoms with E-state index in [-0.39, 0.29) is 11.7 Å². The molecule has 2 aromatic rings. The second kappa shape index (κ2) is 7.79. The fourth-order valence-corrected chi connectivity index (χ4v) is 3.48. The third-order valence-corrected chi connectivity index (χ3v) is 4.99. The van der Waals surface area contributed by atoms with Crippen molar-refractivity contribution in [2.24, 2.45) is 5.73 Å². The summed E-state index contributed by atoms with van der Waals surface area (Å²) in [6.07, 6.45) is 0. The van der Waals surface area contributed by atoms with E-state index in [2.05, 4.69) is 15.2 Å². The highest BCUT2D eigenvalue weighted by atomic mass is 32.1. The molecule has 26 heavy (non-hydrogen) atoms. The topological polar surface area (TPSA) is 97.5 Å². The van der Waals surface area contributed by atoms with E-state index in [1.165, 1.54) is 30.4 Å². The summed E-state index contributed by atoms with van der Waals surface area (Å²) in [5.41, 5.74) is 6.52. The van der Waals surface area contributed by atoms with E-state index in [9.17, 15) is 14.0 Å². The van der Waals surface area contributed by atoms with E-state index < -0.39 is 11.8 Å². The lowest BCUT2D eigenvalue weighted by Gasteiger charge is -2.28. The minimum absolute atomic E-state index is 0.101. The van der Waals surface area contributed by atoms with Crippen LogP contribution in [0.2, 0.25) is 0 Å². The van der Waals surface area contributed by atoms with Crippen molar-refractivity contribution in [3.8, 4) is 11.3 Å². The molecule has 1 radical (unpaired) electrons. The van der Waals surface area contributed by atoms with Crippen molar-refractivity contribution in [3.05, 3.63) is 36.0 Å². The molecular formula is C17H18FN4O3S. The number of carbonyl (C=O) groups is 2. The minimum atomic E-state index is -0.786. The fraction of sp³-hybridized carbons (Fsp3) is 0.294. The van der Waals surface area contributed by atoms with Crippen LogP contribution in [0.4, 0.5) is 14.5 Å². The lowest BCUT2D eigenvalue weighted by Crippen LogP contribution is -2.35. The molecule has 137 valence electrons. The number of thiazole rings is 1. The zero-order valence-electron chi connectivity index (χ0n) is 14.1. The van der Waals surface area contributed by atoms with Gasteiger partial charge in [0.15, 0.2) is 5.13 Å². The van der Waals surface area contributed by atoms with Gasteiger partial charge >= 0.3 is 0 Å². The summed E-state index contributed by atoms with van der Waals surface area (Å²) in [7, 11) is 0. The number of anilines is 2. The van der Waals surface area contributed by atoms with Gasteiger partial charge in [0.1, 0.15) is 22.4 Å². The molecule has 7 nitrogen and oxygen atoms in total. The normalized spacial score (nSPS) is 14.5. The average Bonchev–Trinajstić information content (AvgIpc) is 3.06. The molecule has 3 N–H and O–H groups in total. The first-order valence-electron chi connectivity index (χ1n) is 8.00. The Labute approximate surface area is 154 Å². The monoisotopic (exact) mass is 377 g/mol. The van der Waals surface area contributed by atoms with E-state index in [4.69, 9.17) is 10.5 Å². The molecule has 0 atom stereocenters. The van der Waals surface area contributed by atoms with Gasteiger partial charge in [-0.25, -0.2) is 9.37 Å². The number of rotatable bonds is 5. The number of hydrogen-bond acceptors (Lipinski definition) is 6. The quantitative estimate of drug-likeness (QED) is 0.775. The molecule has 0 unspecified atom stereocenters. The number of benzene rings is 1. The van der Waals surface area contributed by atoms with Crippen molar-refractivity contribution < 1.29 is 18.7 Å². The molecule has 2 amide bonds. The predicted molar refractivity (Wildman–Crippen MR) is 97.3 cm³/mol. The highest BCUT2D eigenvalue weighted by Crippen LogP contribution is 2.39. The van der Waals surface area contributed by atoms with E-state index in [0.29, 0.717) is 37.1 Å². The van der Waals surface area contributed by atoms with Crippen LogP contribution in [0.5, 0.6) is 0 Å². The van der Waals surface area contributed by atoms with E-state index in [1.54, 1.807) is 12.1 Å². The van der Waals surface area contributed by atoms with Gasteiger partial charge in [-0.3, -0.25) is 9.59 Å². The SMILES string of the molecule is C[C](C(N)=O)C(=O)Nc1nc(-c2ccc(F)cc2)c(N2CCOCC2)s1. The van der Waals surface area contributed by atoms with Crippen molar-refractivity contribution in [2.75, 3.05) is 36.5 Å². The number of primary amides is 1. The molecule has 0 saturated carbocycles. The predicted octanol–water partition coefficient (Wildman–Crippen LogP) is 1.80. The van der Waals surface area contributed by atoms with Gasteiger partial charge in [0.25, 0.3) is 0 Å². The summed E-state index contributed by atoms with van der Waals surface area (Å²) < 4.78 is 18.6. The number of nitrogens with one attached hydrogen (secondary N) is 1. The molecule has 1 aliphatic heterocycles. The van der Waals surface area contributed by atoms with E-state index >= 15 is 0 Å². The smallest absolute Gasteiger partial charge is 0.243 e. The molecule has 1 aromatic heterocycles. The minimum Gasteiger partial charge on any atom is -0.378 e. The molecule has 0 aliphatic carbocycles. The Balaban J connectivity index is 1.93. The molecule has 1 aliphatic rings. The Kier molecular flexibility index (Phi) is 5.48. The Hall–Kier alpha value is -2.52. The second-order valence-corrected chi connectivity index (χ2v) is 6.70. The van der Waals surface area contributed by atoms with Crippen LogP contribution >= 0.6 is 11.3 Å². The Morgan fingerprint density at radius 3 is 2.54 bits per heavy atom. The molecule has 9 heteroatoms. The number of halogens is 1. The van der Waals surface area contributed by atoms with Gasteiger partial charge in [0.05, 0.1) is 13.2 Å². The lowest BCUT2D eigenvalue weighted by atomic mass is 10.1. The Bertz CT molecular complexity index is 803. The van der Waals surface area contributed by atoms with Crippen LogP contribution in [0.25, 0.3) is 11.3 Å². The number of hydrogen-bond donors (Lipinski definition) is 2. The molecule has 1 aromatic carbocycles. The summed E-state index contributed by atoms with van der Waals surface area (Å²) >= 11 is 1.29. The van der Waals surface area contributed by atoms with Gasteiger partial charge in [0, 0.05) is 18.7 Å². The average molecular weight is 377 g/mol. The van der Waals surface area contributed by atoms with Gasteiger partial charge in [-0.15, -0.1) is 0 Å². The number of carbonyl (C=O) groups excluding carboxylic acids is 2. The summed E-state index contributed by atoms with van der Waals surface area (Å²) in [6.45, 7) is 3.93. The number of morpholine rings is 1. The highest BCUT2D eigenvalue weighted by molar-refractivity contribution is 7.20. The first-order chi connectivity index (χ1) is 12.5. The highest BCUT2D eigenvalue weighted by Gasteiger charge is 2.24. The van der Waals surface area contributed by atoms with Crippen molar-refractivity contribution in [2.45, 2.75) is 6.92 Å². The van der Waals surface area contributed by atoms with Gasteiger partial charge < -0.3 is 20.7 Å². The maximum atomic E-state index is 13.3. The number of nitrogens with zero attached hydrogens (tertiary/aromatic N) is 2. The van der Waals surface area contributed by atoms with Crippen molar-refractivity contribution in [1.29, 1.82) is 0 Å². The van der Waals surface area contributed by atoms with Crippen LogP contribution in [-0.4, -0.2) is 43.1 Å². The van der Waals surface area contributed by atoms with Crippen LogP contribution in [0.15, 0.2) is 24.3 Å². The lowest BCUT2D eigenvalue weighted by molar-refractivity contribution is -0.122. The Morgan fingerprint density at radius 2 is 1.92 bits per heavy atom. The second-order valence-electron chi connectivity index (χ2n) is 5.72. The third kappa shape index (κ3) is 4.00. The molecule has 0 bridgehead atoms. The van der Waals surface area contributed by atoms with Gasteiger partial charge in [-0.05, 0) is 31.2 Å². The molecule has 1 saturated heterocycles.